The van der Waals surface area contributed by atoms with Gasteiger partial charge in [0.25, 0.3) is 0 Å². The number of para-hydroxylation sites is 1. The highest BCUT2D eigenvalue weighted by molar-refractivity contribution is 6.01. The molecule has 0 spiro atoms. The number of fused-ring (bicyclic) bond motifs is 1. The van der Waals surface area contributed by atoms with Gasteiger partial charge in [-0.15, -0.1) is 0 Å². The Labute approximate surface area is 88.6 Å². The van der Waals surface area contributed by atoms with Crippen LogP contribution in [0.4, 0.5) is 5.69 Å². The molecule has 0 saturated carbocycles. The Hall–Kier alpha value is -1.61. The minimum atomic E-state index is -0.280. The van der Waals surface area contributed by atoms with Gasteiger partial charge in [-0.3, -0.25) is 10.0 Å². The molecule has 1 N–H and O–H groups in total. The third kappa shape index (κ3) is 1.55. The number of carbonyl (C=O) groups is 1. The van der Waals surface area contributed by atoms with E-state index < -0.39 is 0 Å². The molecular weight excluding hydrogens is 190 g/mol. The highest BCUT2D eigenvalue weighted by Gasteiger charge is 2.25. The molecule has 1 aromatic rings. The zero-order valence-corrected chi connectivity index (χ0v) is 8.77. The van der Waals surface area contributed by atoms with Crippen molar-refractivity contribution in [3.8, 4) is 0 Å². The summed E-state index contributed by atoms with van der Waals surface area (Å²) in [6, 6.07) is 7.18. The zero-order chi connectivity index (χ0) is 11.0. The van der Waals surface area contributed by atoms with Crippen molar-refractivity contribution in [1.29, 1.82) is 0 Å². The maximum Gasteiger partial charge on any atom is 0.157 e. The molecule has 0 radical (unpaired) electrons. The second kappa shape index (κ2) is 3.51. The normalized spacial score (nSPS) is 19.5. The summed E-state index contributed by atoms with van der Waals surface area (Å²) in [7, 11) is 0. The Balaban J connectivity index is 2.57. The van der Waals surface area contributed by atoms with E-state index in [0.717, 1.165) is 16.3 Å². The molecule has 1 unspecified atom stereocenters. The van der Waals surface area contributed by atoms with Crippen LogP contribution in [0, 0.1) is 0 Å². The molecule has 3 heteroatoms. The number of hydroxylamine groups is 1. The van der Waals surface area contributed by atoms with Gasteiger partial charge < -0.3 is 0 Å². The van der Waals surface area contributed by atoms with Crippen molar-refractivity contribution in [2.45, 2.75) is 19.9 Å². The maximum atomic E-state index is 11.4. The monoisotopic (exact) mass is 203 g/mol. The van der Waals surface area contributed by atoms with Gasteiger partial charge in [-0.2, -0.15) is 0 Å². The van der Waals surface area contributed by atoms with E-state index in [1.807, 2.05) is 37.3 Å². The number of carbonyl (C=O) groups excluding carboxylic acids is 1. The van der Waals surface area contributed by atoms with Crippen molar-refractivity contribution in [3.05, 3.63) is 35.4 Å². The molecule has 0 amide bonds. The van der Waals surface area contributed by atoms with Gasteiger partial charge in [0.15, 0.2) is 5.78 Å². The van der Waals surface area contributed by atoms with Gasteiger partial charge >= 0.3 is 0 Å². The summed E-state index contributed by atoms with van der Waals surface area (Å²) >= 11 is 0. The van der Waals surface area contributed by atoms with Crippen LogP contribution in [0.15, 0.2) is 29.8 Å². The van der Waals surface area contributed by atoms with Gasteiger partial charge in [-0.05, 0) is 26.0 Å². The van der Waals surface area contributed by atoms with Crippen LogP contribution in [0.5, 0.6) is 0 Å². The van der Waals surface area contributed by atoms with Gasteiger partial charge in [0.05, 0.1) is 11.7 Å². The van der Waals surface area contributed by atoms with E-state index in [1.54, 1.807) is 0 Å². The van der Waals surface area contributed by atoms with Gasteiger partial charge in [-0.1, -0.05) is 18.2 Å². The first-order valence-corrected chi connectivity index (χ1v) is 4.91. The van der Waals surface area contributed by atoms with Crippen LogP contribution >= 0.6 is 0 Å². The van der Waals surface area contributed by atoms with E-state index in [0.29, 0.717) is 5.57 Å². The molecule has 3 nitrogen and oxygen atoms in total. The number of nitrogens with zero attached hydrogens (tertiary/aromatic N) is 1. The fourth-order valence-electron chi connectivity index (χ4n) is 1.84. The lowest BCUT2D eigenvalue weighted by Gasteiger charge is -2.31. The summed E-state index contributed by atoms with van der Waals surface area (Å²) in [5.74, 6) is -0.00365. The van der Waals surface area contributed by atoms with Crippen LogP contribution in [-0.2, 0) is 4.79 Å². The number of hydrogen-bond acceptors (Lipinski definition) is 3. The van der Waals surface area contributed by atoms with E-state index in [2.05, 4.69) is 0 Å². The summed E-state index contributed by atoms with van der Waals surface area (Å²) in [6.07, 6.45) is 1.84. The van der Waals surface area contributed by atoms with Crippen LogP contribution < -0.4 is 5.06 Å². The van der Waals surface area contributed by atoms with Crippen molar-refractivity contribution in [2.24, 2.45) is 0 Å². The van der Waals surface area contributed by atoms with E-state index in [9.17, 15) is 10.0 Å². The third-order valence-corrected chi connectivity index (χ3v) is 2.72. The van der Waals surface area contributed by atoms with Crippen LogP contribution in [0.3, 0.4) is 0 Å². The van der Waals surface area contributed by atoms with Crippen molar-refractivity contribution in [1.82, 2.24) is 0 Å². The molecule has 15 heavy (non-hydrogen) atoms. The largest absolute Gasteiger partial charge is 0.295 e. The smallest absolute Gasteiger partial charge is 0.157 e. The number of rotatable bonds is 1. The molecule has 0 fully saturated rings. The fraction of sp³-hybridized carbons (Fsp3) is 0.250. The standard InChI is InChI=1S/C12H13NO2/c1-8-11(9(2)14)7-10-5-3-4-6-12(10)13(8)15/h3-8,15H,1-2H3. The van der Waals surface area contributed by atoms with E-state index >= 15 is 0 Å². The van der Waals surface area contributed by atoms with E-state index in [1.165, 1.54) is 6.92 Å². The van der Waals surface area contributed by atoms with Crippen LogP contribution in [0.2, 0.25) is 0 Å². The highest BCUT2D eigenvalue weighted by atomic mass is 16.5. The predicted molar refractivity (Wildman–Crippen MR) is 58.8 cm³/mol. The molecular formula is C12H13NO2. The first kappa shape index (κ1) is 9.93. The van der Waals surface area contributed by atoms with E-state index in [-0.39, 0.29) is 11.8 Å². The molecule has 2 rings (SSSR count). The van der Waals surface area contributed by atoms with Gasteiger partial charge in [0, 0.05) is 11.1 Å². The summed E-state index contributed by atoms with van der Waals surface area (Å²) in [4.78, 5) is 11.4. The number of ketones is 1. The van der Waals surface area contributed by atoms with E-state index in [4.69, 9.17) is 0 Å². The lowest BCUT2D eigenvalue weighted by atomic mass is 9.96. The molecule has 1 aliphatic heterocycles. The minimum absolute atomic E-state index is 0.00365. The van der Waals surface area contributed by atoms with Crippen molar-refractivity contribution >= 4 is 17.5 Å². The summed E-state index contributed by atoms with van der Waals surface area (Å²) in [6.45, 7) is 3.33. The number of anilines is 1. The van der Waals surface area contributed by atoms with Gasteiger partial charge in [-0.25, -0.2) is 5.06 Å². The Morgan fingerprint density at radius 1 is 1.40 bits per heavy atom. The molecule has 0 bridgehead atoms. The average molecular weight is 203 g/mol. The molecule has 0 aromatic heterocycles. The van der Waals surface area contributed by atoms with Gasteiger partial charge in [0.1, 0.15) is 0 Å². The lowest BCUT2D eigenvalue weighted by Crippen LogP contribution is -2.36. The number of Topliss-reactive ketones (excluding diaryl/α,β-unsaturated/α-hetero) is 1. The molecule has 1 aromatic carbocycles. The predicted octanol–water partition coefficient (Wildman–Crippen LogP) is 2.26. The summed E-state index contributed by atoms with van der Waals surface area (Å²) in [5.41, 5.74) is 2.26. The molecule has 1 aliphatic rings. The zero-order valence-electron chi connectivity index (χ0n) is 8.77. The topological polar surface area (TPSA) is 40.5 Å². The summed E-state index contributed by atoms with van der Waals surface area (Å²) in [5, 5.41) is 11.0. The highest BCUT2D eigenvalue weighted by Crippen LogP contribution is 2.31. The van der Waals surface area contributed by atoms with Crippen LogP contribution in [0.25, 0.3) is 6.08 Å². The molecule has 1 heterocycles. The fourth-order valence-corrected chi connectivity index (χ4v) is 1.84. The minimum Gasteiger partial charge on any atom is -0.295 e. The van der Waals surface area contributed by atoms with Crippen molar-refractivity contribution in [2.75, 3.05) is 5.06 Å². The Morgan fingerprint density at radius 2 is 2.07 bits per heavy atom. The summed E-state index contributed by atoms with van der Waals surface area (Å²) < 4.78 is 0. The molecule has 0 aliphatic carbocycles. The Bertz CT molecular complexity index is 437. The first-order chi connectivity index (χ1) is 7.11. The SMILES string of the molecule is CC(=O)C1=Cc2ccccc2N(O)C1C. The second-order valence-corrected chi connectivity index (χ2v) is 3.74. The van der Waals surface area contributed by atoms with Crippen LogP contribution in [0.1, 0.15) is 19.4 Å². The quantitative estimate of drug-likeness (QED) is 0.761. The maximum absolute atomic E-state index is 11.4. The Morgan fingerprint density at radius 3 is 2.73 bits per heavy atom. The van der Waals surface area contributed by atoms with Crippen molar-refractivity contribution < 1.29 is 10.0 Å². The second-order valence-electron chi connectivity index (χ2n) is 3.74. The third-order valence-electron chi connectivity index (χ3n) is 2.72. The molecule has 0 saturated heterocycles. The van der Waals surface area contributed by atoms with Crippen LogP contribution in [-0.4, -0.2) is 17.0 Å². The van der Waals surface area contributed by atoms with Crippen molar-refractivity contribution in [3.63, 3.8) is 0 Å². The molecule has 78 valence electrons. The molecule has 1 atom stereocenters. The first-order valence-electron chi connectivity index (χ1n) is 4.91. The number of benzene rings is 1. The average Bonchev–Trinajstić information content (AvgIpc) is 2.23. The number of hydrogen-bond donors (Lipinski definition) is 1. The lowest BCUT2D eigenvalue weighted by molar-refractivity contribution is -0.113. The Kier molecular flexibility index (Phi) is 2.32. The van der Waals surface area contributed by atoms with Gasteiger partial charge in [0.2, 0.25) is 0 Å².